The topological polar surface area (TPSA) is 65.1 Å². The van der Waals surface area contributed by atoms with Crippen molar-refractivity contribution in [1.82, 2.24) is 4.90 Å². The molecule has 0 saturated heterocycles. The minimum absolute atomic E-state index is 0.0771. The zero-order valence-corrected chi connectivity index (χ0v) is 22.0. The zero-order valence-electron chi connectivity index (χ0n) is 22.0. The van der Waals surface area contributed by atoms with E-state index >= 15 is 0 Å². The zero-order chi connectivity index (χ0) is 25.9. The van der Waals surface area contributed by atoms with Crippen molar-refractivity contribution in [2.45, 2.75) is 58.6 Å². The van der Waals surface area contributed by atoms with Crippen LogP contribution in [0.4, 0.5) is 0 Å². The molecule has 2 aliphatic carbocycles. The lowest BCUT2D eigenvalue weighted by Gasteiger charge is -2.42. The van der Waals surface area contributed by atoms with Gasteiger partial charge in [-0.15, -0.1) is 0 Å². The maximum Gasteiger partial charge on any atom is 0.330 e. The highest BCUT2D eigenvalue weighted by Gasteiger charge is 2.42. The molecule has 1 atom stereocenters. The van der Waals surface area contributed by atoms with Crippen molar-refractivity contribution >= 4 is 18.0 Å². The van der Waals surface area contributed by atoms with E-state index in [1.165, 1.54) is 13.2 Å². The average molecular weight is 492 g/mol. The van der Waals surface area contributed by atoms with Gasteiger partial charge in [0.2, 0.25) is 5.91 Å². The van der Waals surface area contributed by atoms with E-state index in [0.717, 1.165) is 53.9 Å². The summed E-state index contributed by atoms with van der Waals surface area (Å²) in [7, 11) is 3.03. The third kappa shape index (κ3) is 5.58. The fraction of sp³-hybridized carbons (Fsp3) is 0.467. The maximum absolute atomic E-state index is 13.5. The number of amides is 1. The predicted octanol–water partition coefficient (Wildman–Crippen LogP) is 5.56. The second-order valence-corrected chi connectivity index (χ2v) is 10.7. The number of ether oxygens (including phenoxy) is 3. The highest BCUT2D eigenvalue weighted by atomic mass is 16.5. The minimum Gasteiger partial charge on any atom is -0.493 e. The van der Waals surface area contributed by atoms with E-state index in [-0.39, 0.29) is 17.2 Å². The Bertz CT molecular complexity index is 1140. The summed E-state index contributed by atoms with van der Waals surface area (Å²) in [5, 5.41) is 0. The average Bonchev–Trinajstić information content (AvgIpc) is 2.82. The summed E-state index contributed by atoms with van der Waals surface area (Å²) < 4.78 is 17.0. The number of hydrogen-bond donors (Lipinski definition) is 0. The van der Waals surface area contributed by atoms with Gasteiger partial charge in [-0.05, 0) is 69.4 Å². The molecule has 1 unspecified atom stereocenters. The molecule has 0 spiro atoms. The predicted molar refractivity (Wildman–Crippen MR) is 139 cm³/mol. The van der Waals surface area contributed by atoms with Gasteiger partial charge >= 0.3 is 5.97 Å². The van der Waals surface area contributed by atoms with Gasteiger partial charge in [-0.3, -0.25) is 4.79 Å². The minimum atomic E-state index is -0.416. The highest BCUT2D eigenvalue weighted by Crippen LogP contribution is 2.47. The van der Waals surface area contributed by atoms with E-state index in [4.69, 9.17) is 14.2 Å². The Kier molecular flexibility index (Phi) is 7.43. The first-order valence-corrected chi connectivity index (χ1v) is 12.7. The van der Waals surface area contributed by atoms with Gasteiger partial charge < -0.3 is 19.1 Å². The lowest BCUT2D eigenvalue weighted by atomic mass is 9.76. The van der Waals surface area contributed by atoms with Gasteiger partial charge in [-0.1, -0.05) is 36.8 Å². The van der Waals surface area contributed by atoms with Crippen LogP contribution in [0.15, 0.2) is 65.7 Å². The SMILES string of the molecule is COC(=O)/C=C/c1cccc(CN(CC2=CCC3(C)C=CC(C)(C)OC3=C2OC)C(=O)C2CCC2)c1. The molecule has 192 valence electrons. The Hall–Kier alpha value is -3.28. The van der Waals surface area contributed by atoms with Gasteiger partial charge in [-0.2, -0.15) is 0 Å². The fourth-order valence-corrected chi connectivity index (χ4v) is 4.85. The van der Waals surface area contributed by atoms with Crippen molar-refractivity contribution in [2.24, 2.45) is 11.3 Å². The number of fused-ring (bicyclic) bond motifs is 1. The van der Waals surface area contributed by atoms with Gasteiger partial charge in [0.15, 0.2) is 5.76 Å². The Morgan fingerprint density at radius 2 is 1.92 bits per heavy atom. The molecule has 36 heavy (non-hydrogen) atoms. The van der Waals surface area contributed by atoms with Crippen LogP contribution in [-0.2, 0) is 30.3 Å². The molecule has 0 radical (unpaired) electrons. The second kappa shape index (κ2) is 10.4. The number of esters is 1. The van der Waals surface area contributed by atoms with Crippen LogP contribution < -0.4 is 0 Å². The molecule has 1 aromatic rings. The van der Waals surface area contributed by atoms with E-state index in [0.29, 0.717) is 13.1 Å². The standard InChI is InChI=1S/C30H37NO5/c1-29(2)16-17-30(3)15-14-24(26(35-5)27(30)36-29)20-31(28(33)23-10-7-11-23)19-22-9-6-8-21(18-22)12-13-25(32)34-4/h6,8-9,12-14,16-18,23H,7,10-11,15,19-20H2,1-5H3/b13-12+. The monoisotopic (exact) mass is 491 g/mol. The Labute approximate surface area is 214 Å². The molecule has 6 heteroatoms. The highest BCUT2D eigenvalue weighted by molar-refractivity contribution is 5.87. The van der Waals surface area contributed by atoms with Crippen LogP contribution in [0.1, 0.15) is 57.6 Å². The molecule has 0 aromatic heterocycles. The smallest absolute Gasteiger partial charge is 0.330 e. The van der Waals surface area contributed by atoms with Gasteiger partial charge in [0.1, 0.15) is 11.4 Å². The normalized spacial score (nSPS) is 22.9. The van der Waals surface area contributed by atoms with Crippen molar-refractivity contribution in [2.75, 3.05) is 20.8 Å². The quantitative estimate of drug-likeness (QED) is 0.271. The van der Waals surface area contributed by atoms with Crippen LogP contribution in [-0.4, -0.2) is 43.1 Å². The lowest BCUT2D eigenvalue weighted by Crippen LogP contribution is -2.41. The molecule has 4 rings (SSSR count). The molecule has 0 N–H and O–H groups in total. The maximum atomic E-state index is 13.5. The van der Waals surface area contributed by atoms with E-state index < -0.39 is 11.6 Å². The number of benzene rings is 1. The van der Waals surface area contributed by atoms with Crippen molar-refractivity contribution in [1.29, 1.82) is 0 Å². The summed E-state index contributed by atoms with van der Waals surface area (Å²) >= 11 is 0. The van der Waals surface area contributed by atoms with Gasteiger partial charge in [0, 0.05) is 30.7 Å². The molecule has 1 saturated carbocycles. The molecule has 1 aromatic carbocycles. The van der Waals surface area contributed by atoms with E-state index in [1.54, 1.807) is 13.2 Å². The third-order valence-corrected chi connectivity index (χ3v) is 7.28. The molecule has 6 nitrogen and oxygen atoms in total. The molecular formula is C30H37NO5. The van der Waals surface area contributed by atoms with Crippen molar-refractivity contribution in [3.05, 3.63) is 76.8 Å². The van der Waals surface area contributed by atoms with Crippen LogP contribution in [0.25, 0.3) is 6.08 Å². The molecule has 1 amide bonds. The Balaban J connectivity index is 1.60. The largest absolute Gasteiger partial charge is 0.493 e. The van der Waals surface area contributed by atoms with Gasteiger partial charge in [-0.25, -0.2) is 4.79 Å². The number of hydrogen-bond acceptors (Lipinski definition) is 5. The van der Waals surface area contributed by atoms with Crippen LogP contribution in [0.5, 0.6) is 0 Å². The molecule has 1 aliphatic heterocycles. The second-order valence-electron chi connectivity index (χ2n) is 10.7. The van der Waals surface area contributed by atoms with Crippen LogP contribution >= 0.6 is 0 Å². The number of rotatable bonds is 8. The fourth-order valence-electron chi connectivity index (χ4n) is 4.85. The molecule has 3 aliphatic rings. The van der Waals surface area contributed by atoms with Gasteiger partial charge in [0.25, 0.3) is 0 Å². The first-order valence-electron chi connectivity index (χ1n) is 12.7. The summed E-state index contributed by atoms with van der Waals surface area (Å²) in [6, 6.07) is 7.88. The van der Waals surface area contributed by atoms with Crippen molar-refractivity contribution in [3.8, 4) is 0 Å². The molecular weight excluding hydrogens is 454 g/mol. The van der Waals surface area contributed by atoms with Crippen LogP contribution in [0.2, 0.25) is 0 Å². The number of carbonyl (C=O) groups excluding carboxylic acids is 2. The van der Waals surface area contributed by atoms with Crippen molar-refractivity contribution < 1.29 is 23.8 Å². The van der Waals surface area contributed by atoms with E-state index in [2.05, 4.69) is 25.2 Å². The Morgan fingerprint density at radius 3 is 2.58 bits per heavy atom. The summed E-state index contributed by atoms with van der Waals surface area (Å²) in [6.45, 7) is 7.16. The Morgan fingerprint density at radius 1 is 1.14 bits per heavy atom. The third-order valence-electron chi connectivity index (χ3n) is 7.28. The van der Waals surface area contributed by atoms with Gasteiger partial charge in [0.05, 0.1) is 19.6 Å². The number of methoxy groups -OCH3 is 2. The van der Waals surface area contributed by atoms with E-state index in [9.17, 15) is 9.59 Å². The summed E-state index contributed by atoms with van der Waals surface area (Å²) in [5.74, 6) is 1.41. The number of carbonyl (C=O) groups is 2. The summed E-state index contributed by atoms with van der Waals surface area (Å²) in [6.07, 6.45) is 13.4. The van der Waals surface area contributed by atoms with E-state index in [1.807, 2.05) is 43.0 Å². The molecule has 1 fully saturated rings. The van der Waals surface area contributed by atoms with Crippen LogP contribution in [0.3, 0.4) is 0 Å². The molecule has 0 bridgehead atoms. The summed E-state index contributed by atoms with van der Waals surface area (Å²) in [5.41, 5.74) is 2.19. The summed E-state index contributed by atoms with van der Waals surface area (Å²) in [4.78, 5) is 26.9. The van der Waals surface area contributed by atoms with Crippen LogP contribution in [0, 0.1) is 11.3 Å². The van der Waals surface area contributed by atoms with Crippen molar-refractivity contribution in [3.63, 3.8) is 0 Å². The lowest BCUT2D eigenvalue weighted by molar-refractivity contribution is -0.138. The number of allylic oxidation sites excluding steroid dienone is 2. The first-order chi connectivity index (χ1) is 17.1. The molecule has 1 heterocycles. The number of nitrogens with zero attached hydrogens (tertiary/aromatic N) is 1. The first kappa shape index (κ1) is 25.8.